The third kappa shape index (κ3) is 5.38. The highest BCUT2D eigenvalue weighted by molar-refractivity contribution is 6.34. The molecule has 186 valence electrons. The number of pyridine rings is 1. The van der Waals surface area contributed by atoms with Gasteiger partial charge in [0.05, 0.1) is 23.6 Å². The van der Waals surface area contributed by atoms with E-state index in [1.165, 1.54) is 5.01 Å². The van der Waals surface area contributed by atoms with Crippen molar-refractivity contribution >= 4 is 34.0 Å². The molecule has 1 aromatic carbocycles. The van der Waals surface area contributed by atoms with Gasteiger partial charge in [0.1, 0.15) is 13.3 Å². The minimum Gasteiger partial charge on any atom is -0.464 e. The number of amidine groups is 1. The van der Waals surface area contributed by atoms with E-state index >= 15 is 4.39 Å². The maximum atomic E-state index is 15.5. The summed E-state index contributed by atoms with van der Waals surface area (Å²) in [4.78, 5) is 5.86. The monoisotopic (exact) mass is 512 g/mol. The van der Waals surface area contributed by atoms with Crippen LogP contribution in [-0.4, -0.2) is 58.0 Å². The van der Waals surface area contributed by atoms with Gasteiger partial charge in [-0.05, 0) is 19.4 Å². The summed E-state index contributed by atoms with van der Waals surface area (Å²) >= 11 is 6.01. The van der Waals surface area contributed by atoms with Crippen molar-refractivity contribution in [2.24, 2.45) is 5.10 Å². The Morgan fingerprint density at radius 3 is 2.60 bits per heavy atom. The smallest absolute Gasteiger partial charge is 0.425 e. The minimum absolute atomic E-state index is 0.108. The van der Waals surface area contributed by atoms with Crippen LogP contribution in [0.2, 0.25) is 5.15 Å². The number of aromatic nitrogens is 3. The van der Waals surface area contributed by atoms with Crippen molar-refractivity contribution in [3.05, 3.63) is 53.1 Å². The van der Waals surface area contributed by atoms with Gasteiger partial charge < -0.3 is 14.4 Å². The van der Waals surface area contributed by atoms with Crippen molar-refractivity contribution in [2.75, 3.05) is 24.8 Å². The highest BCUT2D eigenvalue weighted by Gasteiger charge is 2.39. The first-order valence-electron chi connectivity index (χ1n) is 10.6. The molecule has 13 heteroatoms. The summed E-state index contributed by atoms with van der Waals surface area (Å²) < 4.78 is 65.8. The fourth-order valence-corrected chi connectivity index (χ4v) is 3.60. The molecule has 0 amide bonds. The number of nitrogens with zero attached hydrogens (tertiary/aromatic N) is 6. The van der Waals surface area contributed by atoms with Crippen LogP contribution < -0.4 is 9.75 Å². The van der Waals surface area contributed by atoms with Gasteiger partial charge in [-0.1, -0.05) is 41.9 Å². The molecule has 0 spiro atoms. The molecule has 0 saturated carbocycles. The lowest BCUT2D eigenvalue weighted by atomic mass is 10.2. The summed E-state index contributed by atoms with van der Waals surface area (Å²) in [6.45, 7) is 3.83. The van der Waals surface area contributed by atoms with Gasteiger partial charge in [-0.15, -0.1) is 5.10 Å². The van der Waals surface area contributed by atoms with E-state index in [-0.39, 0.29) is 35.0 Å². The van der Waals surface area contributed by atoms with E-state index in [1.807, 2.05) is 42.2 Å². The first kappa shape index (κ1) is 24.9. The number of halogens is 5. The largest absolute Gasteiger partial charge is 0.464 e. The standard InChI is InChI=1S/C22H21ClF4N6O2/c1-3-32-12-33(31-16(32)11-34-10-14-7-5-4-6-8-14)20-18(24)15-9-28-30-19(23)17(15)21(29-20)35-13(2)22(25,26)27/h4-9,13H,3,10-12H2,1-2H3. The molecular formula is C22H21ClF4N6O2. The Kier molecular flexibility index (Phi) is 7.22. The quantitative estimate of drug-likeness (QED) is 0.402. The summed E-state index contributed by atoms with van der Waals surface area (Å²) in [5.41, 5.74) is 0.979. The molecule has 0 N–H and O–H groups in total. The van der Waals surface area contributed by atoms with E-state index in [2.05, 4.69) is 20.3 Å². The third-order valence-corrected chi connectivity index (χ3v) is 5.55. The molecule has 3 heterocycles. The molecule has 8 nitrogen and oxygen atoms in total. The minimum atomic E-state index is -4.68. The van der Waals surface area contributed by atoms with E-state index in [1.54, 1.807) is 0 Å². The first-order chi connectivity index (χ1) is 16.7. The number of benzene rings is 1. The number of hydrazone groups is 1. The number of fused-ring (bicyclic) bond motifs is 1. The molecule has 0 aliphatic carbocycles. The zero-order chi connectivity index (χ0) is 25.2. The van der Waals surface area contributed by atoms with Gasteiger partial charge in [-0.2, -0.15) is 28.4 Å². The van der Waals surface area contributed by atoms with Crippen LogP contribution in [-0.2, 0) is 11.3 Å². The molecule has 1 aliphatic rings. The number of likely N-dealkylation sites (N-methyl/N-ethyl adjacent to an activating group) is 1. The fourth-order valence-electron chi connectivity index (χ4n) is 3.37. The second-order valence-electron chi connectivity index (χ2n) is 7.67. The van der Waals surface area contributed by atoms with Crippen molar-refractivity contribution in [3.8, 4) is 5.88 Å². The fraction of sp³-hybridized carbons (Fsp3) is 0.364. The highest BCUT2D eigenvalue weighted by atomic mass is 35.5. The van der Waals surface area contributed by atoms with E-state index in [0.29, 0.717) is 19.0 Å². The van der Waals surface area contributed by atoms with Crippen molar-refractivity contribution in [3.63, 3.8) is 0 Å². The normalized spacial score (nSPS) is 15.0. The number of alkyl halides is 3. The average Bonchev–Trinajstić information content (AvgIpc) is 3.24. The lowest BCUT2D eigenvalue weighted by Gasteiger charge is -2.22. The number of anilines is 1. The molecule has 1 aliphatic heterocycles. The molecule has 0 fully saturated rings. The van der Waals surface area contributed by atoms with E-state index in [0.717, 1.165) is 18.7 Å². The zero-order valence-electron chi connectivity index (χ0n) is 18.8. The molecular weight excluding hydrogens is 492 g/mol. The second-order valence-corrected chi connectivity index (χ2v) is 8.03. The van der Waals surface area contributed by atoms with E-state index in [9.17, 15) is 13.2 Å². The molecule has 0 bridgehead atoms. The van der Waals surface area contributed by atoms with Gasteiger partial charge in [0.25, 0.3) is 0 Å². The van der Waals surface area contributed by atoms with Crippen molar-refractivity contribution in [2.45, 2.75) is 32.7 Å². The lowest BCUT2D eigenvalue weighted by Crippen LogP contribution is -2.33. The van der Waals surface area contributed by atoms with Gasteiger partial charge in [0, 0.05) is 6.54 Å². The van der Waals surface area contributed by atoms with Crippen LogP contribution in [0.3, 0.4) is 0 Å². The molecule has 0 saturated heterocycles. The molecule has 2 aromatic heterocycles. The summed E-state index contributed by atoms with van der Waals surface area (Å²) in [6.07, 6.45) is -5.85. The molecule has 3 aromatic rings. The number of hydrogen-bond donors (Lipinski definition) is 0. The number of hydrogen-bond acceptors (Lipinski definition) is 8. The molecule has 1 atom stereocenters. The second kappa shape index (κ2) is 10.2. The predicted molar refractivity (Wildman–Crippen MR) is 122 cm³/mol. The number of rotatable bonds is 8. The Balaban J connectivity index is 1.65. The van der Waals surface area contributed by atoms with Gasteiger partial charge in [-0.25, -0.2) is 9.40 Å². The topological polar surface area (TPSA) is 76.0 Å². The lowest BCUT2D eigenvalue weighted by molar-refractivity contribution is -0.189. The van der Waals surface area contributed by atoms with E-state index in [4.69, 9.17) is 21.1 Å². The maximum Gasteiger partial charge on any atom is 0.425 e. The molecule has 4 rings (SSSR count). The van der Waals surface area contributed by atoms with Crippen molar-refractivity contribution in [1.82, 2.24) is 20.1 Å². The molecule has 1 unspecified atom stereocenters. The van der Waals surface area contributed by atoms with Crippen LogP contribution in [0.5, 0.6) is 5.88 Å². The summed E-state index contributed by atoms with van der Waals surface area (Å²) in [7, 11) is 0. The van der Waals surface area contributed by atoms with Crippen LogP contribution in [0.4, 0.5) is 23.4 Å². The van der Waals surface area contributed by atoms with E-state index < -0.39 is 24.0 Å². The average molecular weight is 513 g/mol. The van der Waals surface area contributed by atoms with Gasteiger partial charge in [0.15, 0.2) is 28.7 Å². The van der Waals surface area contributed by atoms with Gasteiger partial charge >= 0.3 is 6.18 Å². The Hall–Kier alpha value is -3.25. The zero-order valence-corrected chi connectivity index (χ0v) is 19.5. The Labute approximate surface area is 203 Å². The number of ether oxygens (including phenoxy) is 2. The van der Waals surface area contributed by atoms with Crippen molar-refractivity contribution < 1.29 is 27.0 Å². The Morgan fingerprint density at radius 2 is 1.91 bits per heavy atom. The van der Waals surface area contributed by atoms with Crippen molar-refractivity contribution in [1.29, 1.82) is 0 Å². The highest BCUT2D eigenvalue weighted by Crippen LogP contribution is 2.37. The molecule has 0 radical (unpaired) electrons. The van der Waals surface area contributed by atoms with Crippen LogP contribution in [0, 0.1) is 5.82 Å². The van der Waals surface area contributed by atoms with Crippen LogP contribution >= 0.6 is 11.6 Å². The van der Waals surface area contributed by atoms with Crippen LogP contribution in [0.25, 0.3) is 10.8 Å². The van der Waals surface area contributed by atoms with Gasteiger partial charge in [-0.3, -0.25) is 0 Å². The summed E-state index contributed by atoms with van der Waals surface area (Å²) in [5, 5.41) is 12.1. The third-order valence-electron chi connectivity index (χ3n) is 5.29. The first-order valence-corrected chi connectivity index (χ1v) is 11.0. The van der Waals surface area contributed by atoms with Gasteiger partial charge in [0.2, 0.25) is 5.88 Å². The predicted octanol–water partition coefficient (Wildman–Crippen LogP) is 4.78. The maximum absolute atomic E-state index is 15.5. The Bertz CT molecular complexity index is 1230. The molecule has 35 heavy (non-hydrogen) atoms. The van der Waals surface area contributed by atoms with Crippen LogP contribution in [0.15, 0.2) is 41.6 Å². The summed E-state index contributed by atoms with van der Waals surface area (Å²) in [6, 6.07) is 9.54. The summed E-state index contributed by atoms with van der Waals surface area (Å²) in [5.74, 6) is -1.20. The van der Waals surface area contributed by atoms with Crippen LogP contribution in [0.1, 0.15) is 19.4 Å². The Morgan fingerprint density at radius 1 is 1.17 bits per heavy atom. The SMILES string of the molecule is CCN1CN(c2nc(OC(C)C(F)(F)F)c3c(Cl)nncc3c2F)N=C1COCc1ccccc1.